The highest BCUT2D eigenvalue weighted by Gasteiger charge is 2.17. The second-order valence-electron chi connectivity index (χ2n) is 4.06. The van der Waals surface area contributed by atoms with Gasteiger partial charge in [0.2, 0.25) is 5.91 Å². The second-order valence-corrected chi connectivity index (χ2v) is 4.97. The van der Waals surface area contributed by atoms with Crippen molar-refractivity contribution in [3.8, 4) is 0 Å². The number of carbonyl (C=O) groups excluding carboxylic acids is 1. The number of halogens is 1. The van der Waals surface area contributed by atoms with Crippen molar-refractivity contribution in [2.45, 2.75) is 13.0 Å². The van der Waals surface area contributed by atoms with Crippen molar-refractivity contribution in [3.63, 3.8) is 0 Å². The lowest BCUT2D eigenvalue weighted by atomic mass is 10.1. The van der Waals surface area contributed by atoms with Crippen LogP contribution in [0.5, 0.6) is 0 Å². The van der Waals surface area contributed by atoms with Gasteiger partial charge in [-0.05, 0) is 24.6 Å². The Morgan fingerprint density at radius 1 is 1.47 bits per heavy atom. The van der Waals surface area contributed by atoms with Crippen molar-refractivity contribution in [1.29, 1.82) is 0 Å². The molecule has 1 aromatic rings. The first kappa shape index (κ1) is 12.4. The minimum Gasteiger partial charge on any atom is -0.392 e. The molecule has 1 aliphatic heterocycles. The van der Waals surface area contributed by atoms with E-state index in [0.717, 1.165) is 35.2 Å². The summed E-state index contributed by atoms with van der Waals surface area (Å²) in [5, 5.41) is 12.2. The average Bonchev–Trinajstić information content (AvgIpc) is 2.53. The third-order valence-corrected chi connectivity index (χ3v) is 3.31. The fourth-order valence-corrected chi connectivity index (χ4v) is 2.41. The van der Waals surface area contributed by atoms with Crippen LogP contribution in [-0.4, -0.2) is 30.6 Å². The molecular formula is C12H15BrN2O2. The molecule has 0 unspecified atom stereocenters. The molecule has 5 heteroatoms. The summed E-state index contributed by atoms with van der Waals surface area (Å²) in [6.45, 7) is 1.88. The molecule has 0 aromatic heterocycles. The summed E-state index contributed by atoms with van der Waals surface area (Å²) in [4.78, 5) is 13.5. The molecule has 1 aliphatic rings. The summed E-state index contributed by atoms with van der Waals surface area (Å²) >= 11 is 3.38. The molecule has 2 rings (SSSR count). The minimum atomic E-state index is -0.0209. The van der Waals surface area contributed by atoms with Gasteiger partial charge in [0.1, 0.15) is 0 Å². The van der Waals surface area contributed by atoms with Crippen LogP contribution in [0.1, 0.15) is 12.0 Å². The molecule has 1 saturated heterocycles. The van der Waals surface area contributed by atoms with E-state index in [0.29, 0.717) is 6.54 Å². The van der Waals surface area contributed by atoms with E-state index in [9.17, 15) is 9.90 Å². The second kappa shape index (κ2) is 5.51. The molecule has 1 amide bonds. The molecule has 0 aliphatic carbocycles. The monoisotopic (exact) mass is 298 g/mol. The number of anilines is 1. The molecule has 0 saturated carbocycles. The summed E-state index contributed by atoms with van der Waals surface area (Å²) in [7, 11) is 0. The van der Waals surface area contributed by atoms with E-state index in [1.54, 1.807) is 0 Å². The van der Waals surface area contributed by atoms with Gasteiger partial charge in [0, 0.05) is 28.8 Å². The molecule has 1 aromatic carbocycles. The highest BCUT2D eigenvalue weighted by Crippen LogP contribution is 2.25. The summed E-state index contributed by atoms with van der Waals surface area (Å²) in [6.07, 6.45) is 0.923. The number of nitrogens with zero attached hydrogens (tertiary/aromatic N) is 1. The minimum absolute atomic E-state index is 0.0209. The normalized spacial score (nSPS) is 16.6. The first-order valence-corrected chi connectivity index (χ1v) is 6.41. The van der Waals surface area contributed by atoms with Crippen molar-refractivity contribution in [1.82, 2.24) is 5.32 Å². The van der Waals surface area contributed by atoms with Gasteiger partial charge in [0.05, 0.1) is 13.2 Å². The first-order chi connectivity index (χ1) is 8.20. The molecule has 1 heterocycles. The van der Waals surface area contributed by atoms with E-state index >= 15 is 0 Å². The predicted molar refractivity (Wildman–Crippen MR) is 69.9 cm³/mol. The van der Waals surface area contributed by atoms with Gasteiger partial charge in [-0.1, -0.05) is 15.9 Å². The maximum Gasteiger partial charge on any atom is 0.239 e. The summed E-state index contributed by atoms with van der Waals surface area (Å²) in [5.41, 5.74) is 1.78. The van der Waals surface area contributed by atoms with Crippen molar-refractivity contribution in [2.24, 2.45) is 0 Å². The molecule has 1 fully saturated rings. The summed E-state index contributed by atoms with van der Waals surface area (Å²) < 4.78 is 0.935. The van der Waals surface area contributed by atoms with E-state index in [2.05, 4.69) is 21.2 Å². The average molecular weight is 299 g/mol. The van der Waals surface area contributed by atoms with E-state index < -0.39 is 0 Å². The number of hydrogen-bond donors (Lipinski definition) is 2. The SMILES string of the molecule is O=C1CN(c2ccc(Br)cc2CO)CCCN1. The lowest BCUT2D eigenvalue weighted by Crippen LogP contribution is -2.33. The van der Waals surface area contributed by atoms with Crippen LogP contribution in [-0.2, 0) is 11.4 Å². The fraction of sp³-hybridized carbons (Fsp3) is 0.417. The number of aliphatic hydroxyl groups is 1. The maximum atomic E-state index is 11.5. The topological polar surface area (TPSA) is 52.6 Å². The Bertz CT molecular complexity index is 423. The highest BCUT2D eigenvalue weighted by molar-refractivity contribution is 9.10. The van der Waals surface area contributed by atoms with Gasteiger partial charge in [0.15, 0.2) is 0 Å². The van der Waals surface area contributed by atoms with Crippen LogP contribution >= 0.6 is 15.9 Å². The van der Waals surface area contributed by atoms with Gasteiger partial charge < -0.3 is 15.3 Å². The zero-order valence-corrected chi connectivity index (χ0v) is 11.0. The van der Waals surface area contributed by atoms with Gasteiger partial charge in [-0.25, -0.2) is 0 Å². The number of amides is 1. The molecule has 0 atom stereocenters. The molecule has 92 valence electrons. The lowest BCUT2D eigenvalue weighted by Gasteiger charge is -2.24. The summed E-state index contributed by atoms with van der Waals surface area (Å²) in [6, 6.07) is 5.75. The molecule has 0 spiro atoms. The third-order valence-electron chi connectivity index (χ3n) is 2.81. The Labute approximate surface area is 109 Å². The van der Waals surface area contributed by atoms with E-state index in [-0.39, 0.29) is 12.5 Å². The number of carbonyl (C=O) groups is 1. The smallest absolute Gasteiger partial charge is 0.239 e. The Morgan fingerprint density at radius 2 is 2.29 bits per heavy atom. The fourth-order valence-electron chi connectivity index (χ4n) is 2.00. The first-order valence-electron chi connectivity index (χ1n) is 5.61. The molecule has 0 bridgehead atoms. The standard InChI is InChI=1S/C12H15BrN2O2/c13-10-2-3-11(9(6-10)8-16)15-5-1-4-14-12(17)7-15/h2-3,6,16H,1,4-5,7-8H2,(H,14,17). The predicted octanol–water partition coefficient (Wildman–Crippen LogP) is 1.27. The Balaban J connectivity index is 2.28. The number of aliphatic hydroxyl groups excluding tert-OH is 1. The molecular weight excluding hydrogens is 284 g/mol. The van der Waals surface area contributed by atoms with Crippen LogP contribution in [0.3, 0.4) is 0 Å². The van der Waals surface area contributed by atoms with E-state index in [4.69, 9.17) is 0 Å². The Hall–Kier alpha value is -1.07. The zero-order chi connectivity index (χ0) is 12.3. The summed E-state index contributed by atoms with van der Waals surface area (Å²) in [5.74, 6) is 0.0364. The number of hydrogen-bond acceptors (Lipinski definition) is 3. The van der Waals surface area contributed by atoms with Crippen LogP contribution in [0.25, 0.3) is 0 Å². The van der Waals surface area contributed by atoms with Crippen molar-refractivity contribution in [2.75, 3.05) is 24.5 Å². The van der Waals surface area contributed by atoms with E-state index in [1.807, 2.05) is 23.1 Å². The van der Waals surface area contributed by atoms with Gasteiger partial charge in [-0.2, -0.15) is 0 Å². The number of nitrogens with one attached hydrogen (secondary N) is 1. The van der Waals surface area contributed by atoms with E-state index in [1.165, 1.54) is 0 Å². The van der Waals surface area contributed by atoms with Gasteiger partial charge in [0.25, 0.3) is 0 Å². The van der Waals surface area contributed by atoms with Crippen LogP contribution in [0.4, 0.5) is 5.69 Å². The number of benzene rings is 1. The van der Waals surface area contributed by atoms with Crippen molar-refractivity contribution >= 4 is 27.5 Å². The molecule has 17 heavy (non-hydrogen) atoms. The van der Waals surface area contributed by atoms with Crippen molar-refractivity contribution < 1.29 is 9.90 Å². The van der Waals surface area contributed by atoms with Crippen molar-refractivity contribution in [3.05, 3.63) is 28.2 Å². The third kappa shape index (κ3) is 2.98. The number of rotatable bonds is 2. The molecule has 0 radical (unpaired) electrons. The maximum absolute atomic E-state index is 11.5. The molecule has 4 nitrogen and oxygen atoms in total. The van der Waals surface area contributed by atoms with Gasteiger partial charge >= 0.3 is 0 Å². The van der Waals surface area contributed by atoms with Crippen LogP contribution in [0.2, 0.25) is 0 Å². The van der Waals surface area contributed by atoms with Crippen LogP contribution in [0.15, 0.2) is 22.7 Å². The molecule has 2 N–H and O–H groups in total. The van der Waals surface area contributed by atoms with Gasteiger partial charge in [-0.3, -0.25) is 4.79 Å². The zero-order valence-electron chi connectivity index (χ0n) is 9.45. The largest absolute Gasteiger partial charge is 0.392 e. The van der Waals surface area contributed by atoms with Crippen LogP contribution < -0.4 is 10.2 Å². The lowest BCUT2D eigenvalue weighted by molar-refractivity contribution is -0.119. The highest BCUT2D eigenvalue weighted by atomic mass is 79.9. The van der Waals surface area contributed by atoms with Crippen LogP contribution in [0, 0.1) is 0 Å². The quantitative estimate of drug-likeness (QED) is 0.864. The Morgan fingerprint density at radius 3 is 3.06 bits per heavy atom. The Kier molecular flexibility index (Phi) is 4.02. The van der Waals surface area contributed by atoms with Gasteiger partial charge in [-0.15, -0.1) is 0 Å².